The average molecular weight is 424 g/mol. The molecule has 0 amide bonds. The molecule has 7 heteroatoms. The van der Waals surface area contributed by atoms with Crippen LogP contribution in [0.15, 0.2) is 40.7 Å². The van der Waals surface area contributed by atoms with Crippen LogP contribution in [0, 0.1) is 0 Å². The van der Waals surface area contributed by atoms with Gasteiger partial charge in [-0.3, -0.25) is 0 Å². The summed E-state index contributed by atoms with van der Waals surface area (Å²) in [5, 5.41) is 5.53. The largest absolute Gasteiger partial charge is 0.495 e. The number of hydrogen-bond acceptors (Lipinski definition) is 3. The van der Waals surface area contributed by atoms with E-state index in [2.05, 4.69) is 10.3 Å². The standard InChI is InChI=1S/C13H14ClN3OS.HI/c1-18-12-5-4-9(7-11(12)14)17-13(15)16-8-10-3-2-6-19-10;/h2-7H,8H2,1H3,(H3,15,16,17);1H. The van der Waals surface area contributed by atoms with Crippen LogP contribution in [0.1, 0.15) is 4.88 Å². The lowest BCUT2D eigenvalue weighted by atomic mass is 10.3. The van der Waals surface area contributed by atoms with Crippen molar-refractivity contribution < 1.29 is 4.74 Å². The Hall–Kier alpha value is -0.990. The number of nitrogens with one attached hydrogen (secondary N) is 1. The smallest absolute Gasteiger partial charge is 0.193 e. The number of anilines is 1. The van der Waals surface area contributed by atoms with Gasteiger partial charge in [-0.1, -0.05) is 17.7 Å². The summed E-state index contributed by atoms with van der Waals surface area (Å²) in [4.78, 5) is 5.42. The molecule has 0 aliphatic carbocycles. The molecule has 108 valence electrons. The molecule has 1 aromatic heterocycles. The number of benzene rings is 1. The van der Waals surface area contributed by atoms with Crippen molar-refractivity contribution in [1.82, 2.24) is 0 Å². The van der Waals surface area contributed by atoms with Gasteiger partial charge in [0.05, 0.1) is 18.7 Å². The van der Waals surface area contributed by atoms with E-state index in [0.717, 1.165) is 10.6 Å². The van der Waals surface area contributed by atoms with E-state index in [1.54, 1.807) is 30.6 Å². The number of halogens is 2. The molecule has 0 spiro atoms. The Morgan fingerprint density at radius 2 is 2.25 bits per heavy atom. The van der Waals surface area contributed by atoms with E-state index in [4.69, 9.17) is 22.1 Å². The van der Waals surface area contributed by atoms with Gasteiger partial charge in [0.2, 0.25) is 0 Å². The van der Waals surface area contributed by atoms with Crippen molar-refractivity contribution in [2.24, 2.45) is 10.7 Å². The second kappa shape index (κ2) is 8.33. The molecule has 2 aromatic rings. The summed E-state index contributed by atoms with van der Waals surface area (Å²) in [7, 11) is 1.57. The maximum Gasteiger partial charge on any atom is 0.193 e. The van der Waals surface area contributed by atoms with Crippen molar-refractivity contribution in [3.63, 3.8) is 0 Å². The van der Waals surface area contributed by atoms with Crippen molar-refractivity contribution in [2.75, 3.05) is 12.4 Å². The molecule has 0 fully saturated rings. The Morgan fingerprint density at radius 1 is 1.45 bits per heavy atom. The molecule has 0 aliphatic heterocycles. The van der Waals surface area contributed by atoms with Gasteiger partial charge in [0, 0.05) is 10.6 Å². The van der Waals surface area contributed by atoms with Gasteiger partial charge in [-0.15, -0.1) is 35.3 Å². The highest BCUT2D eigenvalue weighted by Gasteiger charge is 2.02. The number of ether oxygens (including phenoxy) is 1. The lowest BCUT2D eigenvalue weighted by Gasteiger charge is -2.08. The first-order valence-corrected chi connectivity index (χ1v) is 6.87. The second-order valence-electron chi connectivity index (χ2n) is 3.76. The normalized spacial score (nSPS) is 10.8. The number of hydrogen-bond donors (Lipinski definition) is 2. The molecule has 0 unspecified atom stereocenters. The molecule has 4 nitrogen and oxygen atoms in total. The first-order valence-electron chi connectivity index (χ1n) is 5.62. The SMILES string of the molecule is COc1ccc(NC(N)=NCc2cccs2)cc1Cl.I. The number of nitrogens with two attached hydrogens (primary N) is 1. The zero-order valence-electron chi connectivity index (χ0n) is 10.8. The van der Waals surface area contributed by atoms with Crippen molar-refractivity contribution in [3.8, 4) is 5.75 Å². The monoisotopic (exact) mass is 423 g/mol. The Bertz CT molecular complexity index is 575. The third-order valence-corrected chi connectivity index (χ3v) is 3.57. The maximum absolute atomic E-state index is 6.03. The van der Waals surface area contributed by atoms with Crippen molar-refractivity contribution >= 4 is 58.6 Å². The van der Waals surface area contributed by atoms with Gasteiger partial charge in [-0.2, -0.15) is 0 Å². The van der Waals surface area contributed by atoms with Crippen LogP contribution in [0.4, 0.5) is 5.69 Å². The Morgan fingerprint density at radius 3 is 2.85 bits per heavy atom. The van der Waals surface area contributed by atoms with E-state index in [1.165, 1.54) is 0 Å². The van der Waals surface area contributed by atoms with E-state index in [9.17, 15) is 0 Å². The predicted octanol–water partition coefficient (Wildman–Crippen LogP) is 3.95. The molecular formula is C13H15ClIN3OS. The lowest BCUT2D eigenvalue weighted by molar-refractivity contribution is 0.415. The van der Waals surface area contributed by atoms with Gasteiger partial charge in [-0.05, 0) is 29.6 Å². The third-order valence-electron chi connectivity index (χ3n) is 2.41. The highest BCUT2D eigenvalue weighted by Crippen LogP contribution is 2.27. The number of aliphatic imine (C=N–C) groups is 1. The lowest BCUT2D eigenvalue weighted by Crippen LogP contribution is -2.22. The first kappa shape index (κ1) is 17.1. The van der Waals surface area contributed by atoms with Crippen molar-refractivity contribution in [1.29, 1.82) is 0 Å². The van der Waals surface area contributed by atoms with Crippen LogP contribution >= 0.6 is 46.9 Å². The fourth-order valence-electron chi connectivity index (χ4n) is 1.50. The fraction of sp³-hybridized carbons (Fsp3) is 0.154. The topological polar surface area (TPSA) is 59.6 Å². The summed E-state index contributed by atoms with van der Waals surface area (Å²) >= 11 is 7.68. The molecule has 1 aromatic carbocycles. The van der Waals surface area contributed by atoms with Crippen LogP contribution in [0.5, 0.6) is 5.75 Å². The van der Waals surface area contributed by atoms with Crippen molar-refractivity contribution in [2.45, 2.75) is 6.54 Å². The van der Waals surface area contributed by atoms with Crippen LogP contribution in [0.3, 0.4) is 0 Å². The summed E-state index contributed by atoms with van der Waals surface area (Å²) in [6.07, 6.45) is 0. The van der Waals surface area contributed by atoms with Crippen LogP contribution in [0.25, 0.3) is 0 Å². The van der Waals surface area contributed by atoms with Gasteiger partial charge in [-0.25, -0.2) is 4.99 Å². The number of methoxy groups -OCH3 is 1. The minimum absolute atomic E-state index is 0. The Balaban J connectivity index is 0.00000200. The Kier molecular flexibility index (Phi) is 7.11. The van der Waals surface area contributed by atoms with E-state index in [1.807, 2.05) is 23.6 Å². The molecule has 2 rings (SSSR count). The van der Waals surface area contributed by atoms with Gasteiger partial charge in [0.25, 0.3) is 0 Å². The summed E-state index contributed by atoms with van der Waals surface area (Å²) in [5.74, 6) is 0.982. The summed E-state index contributed by atoms with van der Waals surface area (Å²) in [5.41, 5.74) is 6.59. The van der Waals surface area contributed by atoms with Crippen molar-refractivity contribution in [3.05, 3.63) is 45.6 Å². The molecular weight excluding hydrogens is 409 g/mol. The van der Waals surface area contributed by atoms with Crippen LogP contribution in [-0.2, 0) is 6.54 Å². The molecule has 1 heterocycles. The molecule has 20 heavy (non-hydrogen) atoms. The highest BCUT2D eigenvalue weighted by molar-refractivity contribution is 14.0. The summed E-state index contributed by atoms with van der Waals surface area (Å²) in [6.45, 7) is 0.570. The predicted molar refractivity (Wildman–Crippen MR) is 96.7 cm³/mol. The fourth-order valence-corrected chi connectivity index (χ4v) is 2.38. The molecule has 0 bridgehead atoms. The van der Waals surface area contributed by atoms with E-state index < -0.39 is 0 Å². The molecule has 0 radical (unpaired) electrons. The number of rotatable bonds is 4. The van der Waals surface area contributed by atoms with Gasteiger partial charge >= 0.3 is 0 Å². The minimum atomic E-state index is 0. The average Bonchev–Trinajstić information content (AvgIpc) is 2.90. The number of thiophene rings is 1. The van der Waals surface area contributed by atoms with Gasteiger partial charge in [0.15, 0.2) is 5.96 Å². The van der Waals surface area contributed by atoms with Gasteiger partial charge in [0.1, 0.15) is 5.75 Å². The van der Waals surface area contributed by atoms with E-state index >= 15 is 0 Å². The quantitative estimate of drug-likeness (QED) is 0.445. The zero-order chi connectivity index (χ0) is 13.7. The zero-order valence-corrected chi connectivity index (χ0v) is 14.7. The molecule has 3 N–H and O–H groups in total. The van der Waals surface area contributed by atoms with E-state index in [0.29, 0.717) is 23.3 Å². The maximum atomic E-state index is 6.03. The van der Waals surface area contributed by atoms with Gasteiger partial charge < -0.3 is 15.8 Å². The third kappa shape index (κ3) is 4.84. The molecule has 0 saturated heterocycles. The molecule has 0 aliphatic rings. The van der Waals surface area contributed by atoms with Crippen LogP contribution in [0.2, 0.25) is 5.02 Å². The molecule has 0 saturated carbocycles. The second-order valence-corrected chi connectivity index (χ2v) is 5.19. The summed E-state index contributed by atoms with van der Waals surface area (Å²) in [6, 6.07) is 9.36. The highest BCUT2D eigenvalue weighted by atomic mass is 127. The number of nitrogens with zero attached hydrogens (tertiary/aromatic N) is 1. The van der Waals surface area contributed by atoms with Crippen LogP contribution in [-0.4, -0.2) is 13.1 Å². The molecule has 0 atom stereocenters. The first-order chi connectivity index (χ1) is 9.19. The summed E-state index contributed by atoms with van der Waals surface area (Å²) < 4.78 is 5.08. The number of guanidine groups is 1. The van der Waals surface area contributed by atoms with E-state index in [-0.39, 0.29) is 24.0 Å². The minimum Gasteiger partial charge on any atom is -0.495 e. The van der Waals surface area contributed by atoms with Crippen LogP contribution < -0.4 is 15.8 Å². The Labute approximate surface area is 144 Å².